The van der Waals surface area contributed by atoms with Gasteiger partial charge in [-0.1, -0.05) is 31.5 Å². The minimum Gasteiger partial charge on any atom is -0.439 e. The van der Waals surface area contributed by atoms with E-state index in [1.807, 2.05) is 31.2 Å². The van der Waals surface area contributed by atoms with Crippen LogP contribution in [0.15, 0.2) is 30.3 Å². The second kappa shape index (κ2) is 6.25. The van der Waals surface area contributed by atoms with E-state index in [0.717, 1.165) is 16.8 Å². The standard InChI is InChI=1S/C16H19ClN2O/c1-10(2)14-6-12(9-18)7-16(19-14)20-15-8-13(17)5-4-11(15)3/h4-8,10H,9,18H2,1-3H3. The summed E-state index contributed by atoms with van der Waals surface area (Å²) in [5.74, 6) is 1.60. The van der Waals surface area contributed by atoms with Gasteiger partial charge in [0.15, 0.2) is 0 Å². The average molecular weight is 291 g/mol. The number of hydrogen-bond donors (Lipinski definition) is 1. The van der Waals surface area contributed by atoms with Crippen LogP contribution in [-0.2, 0) is 6.54 Å². The van der Waals surface area contributed by atoms with Crippen LogP contribution in [0.25, 0.3) is 0 Å². The van der Waals surface area contributed by atoms with E-state index in [2.05, 4.69) is 18.8 Å². The van der Waals surface area contributed by atoms with Gasteiger partial charge in [0.05, 0.1) is 0 Å². The fourth-order valence-electron chi connectivity index (χ4n) is 1.84. The second-order valence-electron chi connectivity index (χ2n) is 5.11. The maximum absolute atomic E-state index is 6.00. The molecule has 0 aliphatic heterocycles. The van der Waals surface area contributed by atoms with Crippen molar-refractivity contribution < 1.29 is 4.74 Å². The van der Waals surface area contributed by atoms with Crippen LogP contribution in [0.4, 0.5) is 0 Å². The van der Waals surface area contributed by atoms with Crippen molar-refractivity contribution in [3.63, 3.8) is 0 Å². The molecule has 4 heteroatoms. The molecule has 0 fully saturated rings. The lowest BCUT2D eigenvalue weighted by Crippen LogP contribution is -2.02. The van der Waals surface area contributed by atoms with Crippen LogP contribution in [0.5, 0.6) is 11.6 Å². The minimum absolute atomic E-state index is 0.323. The lowest BCUT2D eigenvalue weighted by molar-refractivity contribution is 0.455. The molecule has 0 spiro atoms. The van der Waals surface area contributed by atoms with E-state index in [9.17, 15) is 0 Å². The number of pyridine rings is 1. The molecule has 0 aliphatic rings. The molecule has 0 radical (unpaired) electrons. The Hall–Kier alpha value is -1.58. The molecule has 0 unspecified atom stereocenters. The van der Waals surface area contributed by atoms with Gasteiger partial charge in [-0.15, -0.1) is 0 Å². The zero-order chi connectivity index (χ0) is 14.7. The van der Waals surface area contributed by atoms with Crippen molar-refractivity contribution >= 4 is 11.6 Å². The molecule has 1 aromatic heterocycles. The van der Waals surface area contributed by atoms with Gasteiger partial charge in [-0.25, -0.2) is 4.98 Å². The molecule has 1 aromatic carbocycles. The van der Waals surface area contributed by atoms with Gasteiger partial charge in [0.2, 0.25) is 5.88 Å². The molecule has 106 valence electrons. The van der Waals surface area contributed by atoms with Crippen molar-refractivity contribution in [2.45, 2.75) is 33.2 Å². The van der Waals surface area contributed by atoms with E-state index in [0.29, 0.717) is 29.1 Å². The third kappa shape index (κ3) is 3.50. The Bertz CT molecular complexity index is 611. The Labute approximate surface area is 124 Å². The van der Waals surface area contributed by atoms with E-state index in [-0.39, 0.29) is 0 Å². The maximum Gasteiger partial charge on any atom is 0.219 e. The number of rotatable bonds is 4. The van der Waals surface area contributed by atoms with Crippen LogP contribution in [0.2, 0.25) is 5.02 Å². The zero-order valence-corrected chi connectivity index (χ0v) is 12.7. The molecule has 0 saturated heterocycles. The SMILES string of the molecule is Cc1ccc(Cl)cc1Oc1cc(CN)cc(C(C)C)n1. The quantitative estimate of drug-likeness (QED) is 0.907. The number of aromatic nitrogens is 1. The monoisotopic (exact) mass is 290 g/mol. The molecule has 0 amide bonds. The molecule has 2 N–H and O–H groups in total. The molecular weight excluding hydrogens is 272 g/mol. The number of hydrogen-bond acceptors (Lipinski definition) is 3. The van der Waals surface area contributed by atoms with Gasteiger partial charge < -0.3 is 10.5 Å². The minimum atomic E-state index is 0.323. The van der Waals surface area contributed by atoms with E-state index < -0.39 is 0 Å². The molecule has 0 atom stereocenters. The Kier molecular flexibility index (Phi) is 4.63. The Morgan fingerprint density at radius 3 is 2.65 bits per heavy atom. The summed E-state index contributed by atoms with van der Waals surface area (Å²) in [4.78, 5) is 4.53. The van der Waals surface area contributed by atoms with E-state index in [4.69, 9.17) is 22.1 Å². The highest BCUT2D eigenvalue weighted by Gasteiger charge is 2.09. The predicted molar refractivity (Wildman–Crippen MR) is 82.5 cm³/mol. The summed E-state index contributed by atoms with van der Waals surface area (Å²) >= 11 is 6.00. The second-order valence-corrected chi connectivity index (χ2v) is 5.55. The van der Waals surface area contributed by atoms with E-state index in [1.54, 1.807) is 6.07 Å². The van der Waals surface area contributed by atoms with Crippen molar-refractivity contribution in [3.8, 4) is 11.6 Å². The number of benzene rings is 1. The summed E-state index contributed by atoms with van der Waals surface area (Å²) in [5.41, 5.74) is 8.73. The van der Waals surface area contributed by atoms with Gasteiger partial charge >= 0.3 is 0 Å². The summed E-state index contributed by atoms with van der Waals surface area (Å²) in [6, 6.07) is 9.44. The molecule has 2 aromatic rings. The summed E-state index contributed by atoms with van der Waals surface area (Å²) in [5, 5.41) is 0.643. The number of aryl methyl sites for hydroxylation is 1. The molecule has 20 heavy (non-hydrogen) atoms. The van der Waals surface area contributed by atoms with Gasteiger partial charge in [0.25, 0.3) is 0 Å². The van der Waals surface area contributed by atoms with Gasteiger partial charge in [-0.05, 0) is 42.2 Å². The molecule has 1 heterocycles. The molecule has 0 bridgehead atoms. The largest absolute Gasteiger partial charge is 0.439 e. The highest BCUT2D eigenvalue weighted by atomic mass is 35.5. The van der Waals surface area contributed by atoms with Crippen LogP contribution < -0.4 is 10.5 Å². The predicted octanol–water partition coefficient (Wildman–Crippen LogP) is 4.42. The summed E-state index contributed by atoms with van der Waals surface area (Å²) in [6.07, 6.45) is 0. The Morgan fingerprint density at radius 2 is 2.00 bits per heavy atom. The molecular formula is C16H19ClN2O. The summed E-state index contributed by atoms with van der Waals surface area (Å²) in [6.45, 7) is 6.63. The van der Waals surface area contributed by atoms with Crippen LogP contribution >= 0.6 is 11.6 Å². The molecule has 2 rings (SSSR count). The third-order valence-corrected chi connectivity index (χ3v) is 3.31. The number of halogens is 1. The van der Waals surface area contributed by atoms with Gasteiger partial charge in [0, 0.05) is 23.3 Å². The zero-order valence-electron chi connectivity index (χ0n) is 12.0. The van der Waals surface area contributed by atoms with E-state index >= 15 is 0 Å². The van der Waals surface area contributed by atoms with Gasteiger partial charge in [0.1, 0.15) is 5.75 Å². The highest BCUT2D eigenvalue weighted by Crippen LogP contribution is 2.28. The highest BCUT2D eigenvalue weighted by molar-refractivity contribution is 6.30. The van der Waals surface area contributed by atoms with Crippen molar-refractivity contribution in [1.82, 2.24) is 4.98 Å². The molecule has 3 nitrogen and oxygen atoms in total. The van der Waals surface area contributed by atoms with E-state index in [1.165, 1.54) is 0 Å². The average Bonchev–Trinajstić information content (AvgIpc) is 2.42. The Morgan fingerprint density at radius 1 is 1.25 bits per heavy atom. The van der Waals surface area contributed by atoms with Crippen LogP contribution in [0.1, 0.15) is 36.6 Å². The fraction of sp³-hybridized carbons (Fsp3) is 0.312. The first-order chi connectivity index (χ1) is 9.49. The van der Waals surface area contributed by atoms with Gasteiger partial charge in [-0.2, -0.15) is 0 Å². The normalized spacial score (nSPS) is 10.9. The summed E-state index contributed by atoms with van der Waals surface area (Å²) < 4.78 is 5.87. The lowest BCUT2D eigenvalue weighted by atomic mass is 10.1. The van der Waals surface area contributed by atoms with Crippen LogP contribution in [0, 0.1) is 6.92 Å². The lowest BCUT2D eigenvalue weighted by Gasteiger charge is -2.12. The first kappa shape index (κ1) is 14.8. The smallest absolute Gasteiger partial charge is 0.219 e. The maximum atomic E-state index is 6.00. The van der Waals surface area contributed by atoms with Crippen molar-refractivity contribution in [1.29, 1.82) is 0 Å². The number of nitrogens with two attached hydrogens (primary N) is 1. The van der Waals surface area contributed by atoms with Crippen molar-refractivity contribution in [2.24, 2.45) is 5.73 Å². The van der Waals surface area contributed by atoms with Crippen molar-refractivity contribution in [3.05, 3.63) is 52.2 Å². The van der Waals surface area contributed by atoms with Crippen LogP contribution in [-0.4, -0.2) is 4.98 Å². The third-order valence-electron chi connectivity index (χ3n) is 3.07. The fourth-order valence-corrected chi connectivity index (χ4v) is 2.01. The van der Waals surface area contributed by atoms with Gasteiger partial charge in [-0.3, -0.25) is 0 Å². The van der Waals surface area contributed by atoms with Crippen LogP contribution in [0.3, 0.4) is 0 Å². The number of nitrogens with zero attached hydrogens (tertiary/aromatic N) is 1. The topological polar surface area (TPSA) is 48.1 Å². The first-order valence-corrected chi connectivity index (χ1v) is 7.02. The molecule has 0 saturated carbocycles. The molecule has 0 aliphatic carbocycles. The number of ether oxygens (including phenoxy) is 1. The van der Waals surface area contributed by atoms with Crippen molar-refractivity contribution in [2.75, 3.05) is 0 Å². The Balaban J connectivity index is 2.37. The first-order valence-electron chi connectivity index (χ1n) is 6.64. The summed E-state index contributed by atoms with van der Waals surface area (Å²) in [7, 11) is 0.